The molecule has 0 aliphatic carbocycles. The third kappa shape index (κ3) is 5.52. The van der Waals surface area contributed by atoms with Gasteiger partial charge in [-0.1, -0.05) is 29.3 Å². The van der Waals surface area contributed by atoms with E-state index in [0.29, 0.717) is 0 Å². The number of anilines is 1. The minimum absolute atomic E-state index is 0.769. The van der Waals surface area contributed by atoms with E-state index in [2.05, 4.69) is 53.3 Å². The summed E-state index contributed by atoms with van der Waals surface area (Å²) in [7, 11) is 0. The van der Waals surface area contributed by atoms with E-state index in [1.807, 2.05) is 0 Å². The second-order valence-electron chi connectivity index (χ2n) is 3.91. The van der Waals surface area contributed by atoms with Gasteiger partial charge in [0.05, 0.1) is 6.61 Å². The highest BCUT2D eigenvalue weighted by molar-refractivity contribution is 9.10. The van der Waals surface area contributed by atoms with Crippen LogP contribution in [0.3, 0.4) is 0 Å². The number of hydrogen-bond donors (Lipinski definition) is 1. The number of unbranched alkanes of at least 4 members (excludes halogenated alkanes) is 1. The lowest BCUT2D eigenvalue weighted by Crippen LogP contribution is -2.10. The SMILES string of the molecule is CCCCOCCNc1cc(C)cc(Br)c1. The third-order valence-corrected chi connectivity index (χ3v) is 2.72. The van der Waals surface area contributed by atoms with Gasteiger partial charge in [-0.2, -0.15) is 0 Å². The minimum atomic E-state index is 0.769. The fraction of sp³-hybridized carbons (Fsp3) is 0.538. The first-order chi connectivity index (χ1) is 7.72. The van der Waals surface area contributed by atoms with E-state index in [1.165, 1.54) is 12.0 Å². The molecule has 1 aromatic carbocycles. The van der Waals surface area contributed by atoms with Gasteiger partial charge in [0.25, 0.3) is 0 Å². The summed E-state index contributed by atoms with van der Waals surface area (Å²) in [5.74, 6) is 0. The molecular weight excluding hydrogens is 266 g/mol. The molecule has 3 heteroatoms. The molecule has 0 atom stereocenters. The van der Waals surface area contributed by atoms with Crippen LogP contribution in [0.25, 0.3) is 0 Å². The third-order valence-electron chi connectivity index (χ3n) is 2.26. The highest BCUT2D eigenvalue weighted by Gasteiger charge is 1.95. The van der Waals surface area contributed by atoms with Crippen molar-refractivity contribution in [2.75, 3.05) is 25.1 Å². The van der Waals surface area contributed by atoms with Crippen molar-refractivity contribution in [3.8, 4) is 0 Å². The Morgan fingerprint density at radius 1 is 1.25 bits per heavy atom. The van der Waals surface area contributed by atoms with Crippen LogP contribution in [0.5, 0.6) is 0 Å². The Kier molecular flexibility index (Phi) is 6.50. The number of nitrogens with one attached hydrogen (secondary N) is 1. The Morgan fingerprint density at radius 3 is 2.75 bits per heavy atom. The quantitative estimate of drug-likeness (QED) is 0.765. The first kappa shape index (κ1) is 13.5. The van der Waals surface area contributed by atoms with Crippen LogP contribution in [0.1, 0.15) is 25.3 Å². The predicted molar refractivity (Wildman–Crippen MR) is 73.1 cm³/mol. The van der Waals surface area contributed by atoms with Gasteiger partial charge in [-0.15, -0.1) is 0 Å². The maximum Gasteiger partial charge on any atom is 0.0639 e. The van der Waals surface area contributed by atoms with E-state index < -0.39 is 0 Å². The topological polar surface area (TPSA) is 21.3 Å². The summed E-state index contributed by atoms with van der Waals surface area (Å²) < 4.78 is 6.59. The van der Waals surface area contributed by atoms with Crippen molar-refractivity contribution in [1.29, 1.82) is 0 Å². The maximum atomic E-state index is 5.48. The summed E-state index contributed by atoms with van der Waals surface area (Å²) in [6.07, 6.45) is 2.34. The van der Waals surface area contributed by atoms with E-state index in [-0.39, 0.29) is 0 Å². The Hall–Kier alpha value is -0.540. The van der Waals surface area contributed by atoms with E-state index in [4.69, 9.17) is 4.74 Å². The van der Waals surface area contributed by atoms with Gasteiger partial charge < -0.3 is 10.1 Å². The Balaban J connectivity index is 2.21. The maximum absolute atomic E-state index is 5.48. The van der Waals surface area contributed by atoms with Crippen LogP contribution in [0.4, 0.5) is 5.69 Å². The molecule has 90 valence electrons. The molecule has 0 unspecified atom stereocenters. The van der Waals surface area contributed by atoms with Crippen molar-refractivity contribution in [1.82, 2.24) is 0 Å². The molecule has 0 saturated carbocycles. The summed E-state index contributed by atoms with van der Waals surface area (Å²) in [6.45, 7) is 6.76. The molecule has 0 fully saturated rings. The Morgan fingerprint density at radius 2 is 2.06 bits per heavy atom. The standard InChI is InChI=1S/C13H20BrNO/c1-3-4-6-16-7-5-15-13-9-11(2)8-12(14)10-13/h8-10,15H,3-7H2,1-2H3. The molecule has 0 aliphatic heterocycles. The van der Waals surface area contributed by atoms with Gasteiger partial charge in [0.2, 0.25) is 0 Å². The molecule has 0 aliphatic rings. The van der Waals surface area contributed by atoms with E-state index in [0.717, 1.165) is 36.3 Å². The second kappa shape index (κ2) is 7.69. The number of benzene rings is 1. The molecule has 0 saturated heterocycles. The molecule has 16 heavy (non-hydrogen) atoms. The minimum Gasteiger partial charge on any atom is -0.383 e. The molecule has 0 aromatic heterocycles. The van der Waals surface area contributed by atoms with E-state index in [1.54, 1.807) is 0 Å². The fourth-order valence-corrected chi connectivity index (χ4v) is 2.06. The zero-order valence-corrected chi connectivity index (χ0v) is 11.6. The van der Waals surface area contributed by atoms with Crippen LogP contribution in [-0.2, 0) is 4.74 Å². The second-order valence-corrected chi connectivity index (χ2v) is 4.83. The molecule has 0 amide bonds. The highest BCUT2D eigenvalue weighted by Crippen LogP contribution is 2.18. The van der Waals surface area contributed by atoms with Gasteiger partial charge in [0, 0.05) is 23.3 Å². The summed E-state index contributed by atoms with van der Waals surface area (Å²) in [5, 5.41) is 3.35. The molecule has 1 aromatic rings. The average Bonchev–Trinajstić information content (AvgIpc) is 2.22. The summed E-state index contributed by atoms with van der Waals surface area (Å²) >= 11 is 3.48. The molecule has 0 radical (unpaired) electrons. The van der Waals surface area contributed by atoms with Crippen LogP contribution in [-0.4, -0.2) is 19.8 Å². The normalized spacial score (nSPS) is 10.4. The van der Waals surface area contributed by atoms with Crippen molar-refractivity contribution in [2.45, 2.75) is 26.7 Å². The van der Waals surface area contributed by atoms with Crippen LogP contribution < -0.4 is 5.32 Å². The average molecular weight is 286 g/mol. The summed E-state index contributed by atoms with van der Waals surface area (Å²) in [6, 6.07) is 6.32. The largest absolute Gasteiger partial charge is 0.383 e. The summed E-state index contributed by atoms with van der Waals surface area (Å²) in [4.78, 5) is 0. The van der Waals surface area contributed by atoms with Gasteiger partial charge in [-0.05, 0) is 37.1 Å². The lowest BCUT2D eigenvalue weighted by molar-refractivity contribution is 0.141. The van der Waals surface area contributed by atoms with Crippen LogP contribution >= 0.6 is 15.9 Å². The van der Waals surface area contributed by atoms with Crippen molar-refractivity contribution in [3.05, 3.63) is 28.2 Å². The van der Waals surface area contributed by atoms with Crippen molar-refractivity contribution in [2.24, 2.45) is 0 Å². The lowest BCUT2D eigenvalue weighted by Gasteiger charge is -2.08. The number of aryl methyl sites for hydroxylation is 1. The van der Waals surface area contributed by atoms with Crippen molar-refractivity contribution < 1.29 is 4.74 Å². The number of ether oxygens (including phenoxy) is 1. The molecule has 0 spiro atoms. The number of rotatable bonds is 7. The van der Waals surface area contributed by atoms with E-state index in [9.17, 15) is 0 Å². The Bertz CT molecular complexity index is 295. The molecular formula is C13H20BrNO. The molecule has 1 rings (SSSR count). The number of halogens is 1. The molecule has 0 heterocycles. The zero-order valence-electron chi connectivity index (χ0n) is 10.1. The Labute approximate surface area is 107 Å². The smallest absolute Gasteiger partial charge is 0.0639 e. The molecule has 0 bridgehead atoms. The number of hydrogen-bond acceptors (Lipinski definition) is 2. The first-order valence-corrected chi connectivity index (χ1v) is 6.60. The zero-order chi connectivity index (χ0) is 11.8. The lowest BCUT2D eigenvalue weighted by atomic mass is 10.2. The highest BCUT2D eigenvalue weighted by atomic mass is 79.9. The first-order valence-electron chi connectivity index (χ1n) is 5.81. The summed E-state index contributed by atoms with van der Waals surface area (Å²) in [5.41, 5.74) is 2.40. The molecule has 1 N–H and O–H groups in total. The van der Waals surface area contributed by atoms with Gasteiger partial charge >= 0.3 is 0 Å². The van der Waals surface area contributed by atoms with E-state index >= 15 is 0 Å². The fourth-order valence-electron chi connectivity index (χ4n) is 1.45. The predicted octanol–water partition coefficient (Wildman–Crippen LogP) is 3.99. The molecule has 2 nitrogen and oxygen atoms in total. The van der Waals surface area contributed by atoms with Crippen LogP contribution in [0.2, 0.25) is 0 Å². The van der Waals surface area contributed by atoms with Crippen molar-refractivity contribution in [3.63, 3.8) is 0 Å². The van der Waals surface area contributed by atoms with Gasteiger partial charge in [-0.25, -0.2) is 0 Å². The van der Waals surface area contributed by atoms with Gasteiger partial charge in [-0.3, -0.25) is 0 Å². The van der Waals surface area contributed by atoms with Gasteiger partial charge in [0.1, 0.15) is 0 Å². The van der Waals surface area contributed by atoms with Crippen LogP contribution in [0.15, 0.2) is 22.7 Å². The van der Waals surface area contributed by atoms with Crippen molar-refractivity contribution >= 4 is 21.6 Å². The van der Waals surface area contributed by atoms with Gasteiger partial charge in [0.15, 0.2) is 0 Å². The van der Waals surface area contributed by atoms with Crippen LogP contribution in [0, 0.1) is 6.92 Å². The monoisotopic (exact) mass is 285 g/mol.